The highest BCUT2D eigenvalue weighted by atomic mass is 16.2. The van der Waals surface area contributed by atoms with Crippen molar-refractivity contribution in [1.29, 1.82) is 0 Å². The molecule has 1 atom stereocenters. The van der Waals surface area contributed by atoms with Gasteiger partial charge in [-0.05, 0) is 50.7 Å². The fourth-order valence-corrected chi connectivity index (χ4v) is 3.61. The van der Waals surface area contributed by atoms with Crippen LogP contribution in [0.25, 0.3) is 0 Å². The summed E-state index contributed by atoms with van der Waals surface area (Å²) in [6.45, 7) is 4.56. The highest BCUT2D eigenvalue weighted by Crippen LogP contribution is 2.33. The molecule has 1 saturated heterocycles. The second-order valence-electron chi connectivity index (χ2n) is 7.14. The van der Waals surface area contributed by atoms with Gasteiger partial charge in [-0.15, -0.1) is 0 Å². The number of hydrogen-bond donors (Lipinski definition) is 0. The number of aromatic nitrogens is 3. The number of aryl methyl sites for hydroxylation is 1. The molecule has 1 unspecified atom stereocenters. The summed E-state index contributed by atoms with van der Waals surface area (Å²) >= 11 is 0. The van der Waals surface area contributed by atoms with Crippen LogP contribution in [0.1, 0.15) is 53.6 Å². The molecule has 3 heterocycles. The summed E-state index contributed by atoms with van der Waals surface area (Å²) in [6.07, 6.45) is 8.81. The molecule has 1 amide bonds. The van der Waals surface area contributed by atoms with Crippen LogP contribution in [0.2, 0.25) is 0 Å². The van der Waals surface area contributed by atoms with E-state index in [0.29, 0.717) is 11.6 Å². The molecule has 0 spiro atoms. The molecule has 2 aliphatic rings. The third-order valence-corrected chi connectivity index (χ3v) is 5.08. The summed E-state index contributed by atoms with van der Waals surface area (Å²) in [4.78, 5) is 23.7. The maximum absolute atomic E-state index is 12.8. The molecule has 1 saturated carbocycles. The highest BCUT2D eigenvalue weighted by Gasteiger charge is 2.30. The molecule has 2 fully saturated rings. The van der Waals surface area contributed by atoms with Gasteiger partial charge in [-0.2, -0.15) is 0 Å². The summed E-state index contributed by atoms with van der Waals surface area (Å²) in [5, 5.41) is 0. The third kappa shape index (κ3) is 3.21. The van der Waals surface area contributed by atoms with Crippen LogP contribution < -0.4 is 0 Å². The predicted molar refractivity (Wildman–Crippen MR) is 91.8 cm³/mol. The van der Waals surface area contributed by atoms with Gasteiger partial charge in [-0.25, -0.2) is 9.97 Å². The Kier molecular flexibility index (Phi) is 4.08. The minimum absolute atomic E-state index is 0.0451. The first-order chi connectivity index (χ1) is 11.7. The lowest BCUT2D eigenvalue weighted by Crippen LogP contribution is -2.40. The number of rotatable bonds is 4. The monoisotopic (exact) mass is 324 g/mol. The minimum atomic E-state index is 0.0451. The van der Waals surface area contributed by atoms with Crippen molar-refractivity contribution >= 4 is 5.91 Å². The Morgan fingerprint density at radius 3 is 2.96 bits per heavy atom. The molecule has 0 aromatic carbocycles. The van der Waals surface area contributed by atoms with Crippen LogP contribution in [0.4, 0.5) is 0 Å². The quantitative estimate of drug-likeness (QED) is 0.868. The molecular weight excluding hydrogens is 300 g/mol. The molecule has 4 rings (SSSR count). The third-order valence-electron chi connectivity index (χ3n) is 5.08. The molecule has 2 aromatic rings. The number of carbonyl (C=O) groups excluding carboxylic acids is 1. The summed E-state index contributed by atoms with van der Waals surface area (Å²) in [7, 11) is 0. The highest BCUT2D eigenvalue weighted by molar-refractivity contribution is 5.92. The normalized spacial score (nSPS) is 21.0. The molecule has 1 aliphatic carbocycles. The second kappa shape index (κ2) is 6.38. The van der Waals surface area contributed by atoms with Gasteiger partial charge in [0.2, 0.25) is 0 Å². The van der Waals surface area contributed by atoms with Crippen molar-refractivity contribution < 1.29 is 4.79 Å². The van der Waals surface area contributed by atoms with Crippen LogP contribution in [-0.4, -0.2) is 38.4 Å². The molecule has 0 radical (unpaired) electrons. The van der Waals surface area contributed by atoms with E-state index >= 15 is 0 Å². The standard InChI is InChI=1S/C19H24N4O/c1-14-4-2-6-17(21-14)19(24)23-10-3-5-16(13-23)18-20-9-11-22(18)12-15-7-8-15/h2,4,6,9,11,15-16H,3,5,7-8,10,12-13H2,1H3. The average molecular weight is 324 g/mol. The number of amides is 1. The molecule has 0 bridgehead atoms. The molecule has 5 heteroatoms. The van der Waals surface area contributed by atoms with Gasteiger partial charge >= 0.3 is 0 Å². The van der Waals surface area contributed by atoms with Gasteiger partial charge in [0, 0.05) is 43.6 Å². The molecule has 24 heavy (non-hydrogen) atoms. The van der Waals surface area contributed by atoms with Gasteiger partial charge in [0.05, 0.1) is 0 Å². The summed E-state index contributed by atoms with van der Waals surface area (Å²) in [5.74, 6) is 2.36. The number of hydrogen-bond acceptors (Lipinski definition) is 3. The van der Waals surface area contributed by atoms with Crippen molar-refractivity contribution in [3.8, 4) is 0 Å². The maximum atomic E-state index is 12.8. The Morgan fingerprint density at radius 1 is 1.29 bits per heavy atom. The molecule has 1 aliphatic heterocycles. The zero-order valence-electron chi connectivity index (χ0n) is 14.2. The lowest BCUT2D eigenvalue weighted by molar-refractivity contribution is 0.0697. The Balaban J connectivity index is 1.49. The van der Waals surface area contributed by atoms with Gasteiger partial charge < -0.3 is 9.47 Å². The molecule has 0 N–H and O–H groups in total. The number of likely N-dealkylation sites (tertiary alicyclic amines) is 1. The van der Waals surface area contributed by atoms with Gasteiger partial charge in [0.1, 0.15) is 11.5 Å². The fourth-order valence-electron chi connectivity index (χ4n) is 3.61. The van der Waals surface area contributed by atoms with E-state index in [2.05, 4.69) is 20.7 Å². The van der Waals surface area contributed by atoms with Crippen molar-refractivity contribution in [2.24, 2.45) is 5.92 Å². The maximum Gasteiger partial charge on any atom is 0.272 e. The Morgan fingerprint density at radius 2 is 2.17 bits per heavy atom. The zero-order chi connectivity index (χ0) is 16.5. The number of piperidine rings is 1. The van der Waals surface area contributed by atoms with Crippen LogP contribution in [0.3, 0.4) is 0 Å². The van der Waals surface area contributed by atoms with E-state index in [0.717, 1.165) is 49.9 Å². The lowest BCUT2D eigenvalue weighted by Gasteiger charge is -2.32. The van der Waals surface area contributed by atoms with Crippen molar-refractivity contribution in [2.45, 2.75) is 45.1 Å². The summed E-state index contributed by atoms with van der Waals surface area (Å²) in [6, 6.07) is 5.64. The Hall–Kier alpha value is -2.17. The van der Waals surface area contributed by atoms with E-state index in [9.17, 15) is 4.79 Å². The smallest absolute Gasteiger partial charge is 0.272 e. The molecule has 5 nitrogen and oxygen atoms in total. The van der Waals surface area contributed by atoms with E-state index < -0.39 is 0 Å². The number of pyridine rings is 1. The predicted octanol–water partition coefficient (Wildman–Crippen LogP) is 3.02. The minimum Gasteiger partial charge on any atom is -0.337 e. The van der Waals surface area contributed by atoms with Crippen LogP contribution in [0.5, 0.6) is 0 Å². The van der Waals surface area contributed by atoms with E-state index in [1.54, 1.807) is 0 Å². The van der Waals surface area contributed by atoms with Gasteiger partial charge in [-0.3, -0.25) is 4.79 Å². The van der Waals surface area contributed by atoms with E-state index in [-0.39, 0.29) is 5.91 Å². The Labute approximate surface area is 142 Å². The molecule has 126 valence electrons. The number of carbonyl (C=O) groups is 1. The first-order valence-corrected chi connectivity index (χ1v) is 8.94. The number of imidazole rings is 1. The first kappa shape index (κ1) is 15.4. The van der Waals surface area contributed by atoms with Crippen molar-refractivity contribution in [3.63, 3.8) is 0 Å². The Bertz CT molecular complexity index is 734. The van der Waals surface area contributed by atoms with Crippen molar-refractivity contribution in [2.75, 3.05) is 13.1 Å². The SMILES string of the molecule is Cc1cccc(C(=O)N2CCCC(c3nccn3CC3CC3)C2)n1. The zero-order valence-corrected chi connectivity index (χ0v) is 14.2. The topological polar surface area (TPSA) is 51.0 Å². The average Bonchev–Trinajstić information content (AvgIpc) is 3.29. The molecular formula is C19H24N4O. The van der Waals surface area contributed by atoms with Gasteiger partial charge in [-0.1, -0.05) is 6.07 Å². The van der Waals surface area contributed by atoms with Gasteiger partial charge in [0.15, 0.2) is 0 Å². The summed E-state index contributed by atoms with van der Waals surface area (Å²) < 4.78 is 2.31. The summed E-state index contributed by atoms with van der Waals surface area (Å²) in [5.41, 5.74) is 1.44. The molecule has 2 aromatic heterocycles. The van der Waals surface area contributed by atoms with E-state index in [4.69, 9.17) is 0 Å². The van der Waals surface area contributed by atoms with Gasteiger partial charge in [0.25, 0.3) is 5.91 Å². The second-order valence-corrected chi connectivity index (χ2v) is 7.14. The van der Waals surface area contributed by atoms with E-state index in [1.807, 2.05) is 36.2 Å². The van der Waals surface area contributed by atoms with Crippen LogP contribution in [0, 0.1) is 12.8 Å². The lowest BCUT2D eigenvalue weighted by atomic mass is 9.96. The van der Waals surface area contributed by atoms with Crippen molar-refractivity contribution in [1.82, 2.24) is 19.4 Å². The fraction of sp³-hybridized carbons (Fsp3) is 0.526. The van der Waals surface area contributed by atoms with Crippen LogP contribution >= 0.6 is 0 Å². The van der Waals surface area contributed by atoms with E-state index in [1.165, 1.54) is 12.8 Å². The largest absolute Gasteiger partial charge is 0.337 e. The van der Waals surface area contributed by atoms with Crippen LogP contribution in [0.15, 0.2) is 30.6 Å². The van der Waals surface area contributed by atoms with Crippen LogP contribution in [-0.2, 0) is 6.54 Å². The number of nitrogens with zero attached hydrogens (tertiary/aromatic N) is 4. The van der Waals surface area contributed by atoms with Crippen molar-refractivity contribution in [3.05, 3.63) is 47.8 Å². The first-order valence-electron chi connectivity index (χ1n) is 8.94.